The van der Waals surface area contributed by atoms with Crippen molar-refractivity contribution in [3.63, 3.8) is 0 Å². The van der Waals surface area contributed by atoms with Crippen molar-refractivity contribution in [2.75, 3.05) is 45.2 Å². The number of rotatable bonds is 5. The first-order chi connectivity index (χ1) is 10.2. The number of alkyl halides is 1. The smallest absolute Gasteiger partial charge is 0.253 e. The van der Waals surface area contributed by atoms with Crippen LogP contribution in [0.3, 0.4) is 0 Å². The molecule has 0 spiro atoms. The van der Waals surface area contributed by atoms with Gasteiger partial charge in [0.25, 0.3) is 5.91 Å². The van der Waals surface area contributed by atoms with Crippen molar-refractivity contribution in [1.82, 2.24) is 9.80 Å². The number of ether oxygens (including phenoxy) is 1. The number of hydrogen-bond donors (Lipinski definition) is 0. The van der Waals surface area contributed by atoms with Gasteiger partial charge in [-0.3, -0.25) is 4.79 Å². The Labute approximate surface area is 131 Å². The molecule has 21 heavy (non-hydrogen) atoms. The highest BCUT2D eigenvalue weighted by Gasteiger charge is 2.19. The second-order valence-electron chi connectivity index (χ2n) is 5.13. The molecule has 1 aromatic carbocycles. The van der Waals surface area contributed by atoms with Crippen LogP contribution in [0.25, 0.3) is 0 Å². The Morgan fingerprint density at radius 1 is 1.19 bits per heavy atom. The SMILES string of the molecule is CCOc1ccc(C(=O)N2CCCN(CCCl)CC2)cc1. The van der Waals surface area contributed by atoms with Crippen LogP contribution < -0.4 is 4.74 Å². The van der Waals surface area contributed by atoms with E-state index in [1.807, 2.05) is 36.1 Å². The van der Waals surface area contributed by atoms with Crippen LogP contribution in [0.5, 0.6) is 5.75 Å². The lowest BCUT2D eigenvalue weighted by Crippen LogP contribution is -2.35. The van der Waals surface area contributed by atoms with Gasteiger partial charge < -0.3 is 14.5 Å². The molecule has 2 rings (SSSR count). The molecule has 116 valence electrons. The molecule has 1 saturated heterocycles. The summed E-state index contributed by atoms with van der Waals surface area (Å²) in [7, 11) is 0. The first kappa shape index (κ1) is 16.1. The van der Waals surface area contributed by atoms with Gasteiger partial charge in [0.2, 0.25) is 0 Å². The number of benzene rings is 1. The largest absolute Gasteiger partial charge is 0.494 e. The molecular formula is C16H23ClN2O2. The maximum atomic E-state index is 12.5. The summed E-state index contributed by atoms with van der Waals surface area (Å²) < 4.78 is 5.40. The summed E-state index contributed by atoms with van der Waals surface area (Å²) in [5.41, 5.74) is 0.726. The number of amides is 1. The Morgan fingerprint density at radius 2 is 1.95 bits per heavy atom. The lowest BCUT2D eigenvalue weighted by molar-refractivity contribution is 0.0762. The van der Waals surface area contributed by atoms with E-state index in [9.17, 15) is 4.79 Å². The zero-order valence-electron chi connectivity index (χ0n) is 12.6. The zero-order chi connectivity index (χ0) is 15.1. The van der Waals surface area contributed by atoms with Crippen molar-refractivity contribution in [3.05, 3.63) is 29.8 Å². The molecule has 0 unspecified atom stereocenters. The third-order valence-electron chi connectivity index (χ3n) is 3.69. The molecule has 5 heteroatoms. The summed E-state index contributed by atoms with van der Waals surface area (Å²) in [6, 6.07) is 7.40. The number of carbonyl (C=O) groups excluding carboxylic acids is 1. The van der Waals surface area contributed by atoms with E-state index in [0.29, 0.717) is 12.5 Å². The quantitative estimate of drug-likeness (QED) is 0.783. The minimum atomic E-state index is 0.103. The normalized spacial score (nSPS) is 16.6. The van der Waals surface area contributed by atoms with Crippen molar-refractivity contribution in [2.24, 2.45) is 0 Å². The fourth-order valence-electron chi connectivity index (χ4n) is 2.56. The van der Waals surface area contributed by atoms with Crippen molar-refractivity contribution >= 4 is 17.5 Å². The van der Waals surface area contributed by atoms with E-state index in [2.05, 4.69) is 4.90 Å². The lowest BCUT2D eigenvalue weighted by atomic mass is 10.2. The molecule has 0 aromatic heterocycles. The summed E-state index contributed by atoms with van der Waals surface area (Å²) in [4.78, 5) is 16.8. The summed E-state index contributed by atoms with van der Waals surface area (Å²) in [6.45, 7) is 6.97. The van der Waals surface area contributed by atoms with Gasteiger partial charge in [-0.25, -0.2) is 0 Å². The Balaban J connectivity index is 1.95. The van der Waals surface area contributed by atoms with E-state index >= 15 is 0 Å². The van der Waals surface area contributed by atoms with Gasteiger partial charge in [-0.1, -0.05) is 0 Å². The molecule has 0 N–H and O–H groups in total. The summed E-state index contributed by atoms with van der Waals surface area (Å²) in [5, 5.41) is 0. The second-order valence-corrected chi connectivity index (χ2v) is 5.51. The second kappa shape index (κ2) is 8.25. The molecule has 1 amide bonds. The fraction of sp³-hybridized carbons (Fsp3) is 0.562. The van der Waals surface area contributed by atoms with Gasteiger partial charge in [-0.05, 0) is 44.2 Å². The highest BCUT2D eigenvalue weighted by Crippen LogP contribution is 2.15. The van der Waals surface area contributed by atoms with Crippen LogP contribution in [0.4, 0.5) is 0 Å². The molecule has 1 aliphatic heterocycles. The molecule has 1 aromatic rings. The Hall–Kier alpha value is -1.26. The third-order valence-corrected chi connectivity index (χ3v) is 3.86. The molecular weight excluding hydrogens is 288 g/mol. The molecule has 1 fully saturated rings. The lowest BCUT2D eigenvalue weighted by Gasteiger charge is -2.21. The first-order valence-corrected chi connectivity index (χ1v) is 8.08. The van der Waals surface area contributed by atoms with Gasteiger partial charge >= 0.3 is 0 Å². The average molecular weight is 311 g/mol. The van der Waals surface area contributed by atoms with Crippen molar-refractivity contribution in [2.45, 2.75) is 13.3 Å². The molecule has 1 aliphatic rings. The number of hydrogen-bond acceptors (Lipinski definition) is 3. The highest BCUT2D eigenvalue weighted by atomic mass is 35.5. The van der Waals surface area contributed by atoms with Gasteiger partial charge in [0.05, 0.1) is 6.61 Å². The van der Waals surface area contributed by atoms with Crippen molar-refractivity contribution in [1.29, 1.82) is 0 Å². The first-order valence-electron chi connectivity index (χ1n) is 7.55. The molecule has 0 radical (unpaired) electrons. The van der Waals surface area contributed by atoms with Gasteiger partial charge in [-0.2, -0.15) is 0 Å². The molecule has 0 saturated carbocycles. The van der Waals surface area contributed by atoms with Crippen LogP contribution in [0.15, 0.2) is 24.3 Å². The zero-order valence-corrected chi connectivity index (χ0v) is 13.3. The standard InChI is InChI=1S/C16H23ClN2O2/c1-2-21-15-6-4-14(5-7-15)16(20)19-10-3-9-18(11-8-17)12-13-19/h4-7H,2-3,8-13H2,1H3. The average Bonchev–Trinajstić information content (AvgIpc) is 2.74. The van der Waals surface area contributed by atoms with Gasteiger partial charge in [0, 0.05) is 37.6 Å². The van der Waals surface area contributed by atoms with Crippen LogP contribution >= 0.6 is 11.6 Å². The number of nitrogens with zero attached hydrogens (tertiary/aromatic N) is 2. The molecule has 0 atom stereocenters. The van der Waals surface area contributed by atoms with E-state index in [0.717, 1.165) is 50.5 Å². The fourth-order valence-corrected chi connectivity index (χ4v) is 2.80. The summed E-state index contributed by atoms with van der Waals surface area (Å²) in [6.07, 6.45) is 1.000. The maximum Gasteiger partial charge on any atom is 0.253 e. The van der Waals surface area contributed by atoms with Gasteiger partial charge in [0.15, 0.2) is 0 Å². The van der Waals surface area contributed by atoms with Gasteiger partial charge in [0.1, 0.15) is 5.75 Å². The van der Waals surface area contributed by atoms with E-state index in [4.69, 9.17) is 16.3 Å². The van der Waals surface area contributed by atoms with Crippen molar-refractivity contribution < 1.29 is 9.53 Å². The third kappa shape index (κ3) is 4.61. The van der Waals surface area contributed by atoms with Crippen LogP contribution in [-0.2, 0) is 0 Å². The Bertz CT molecular complexity index is 450. The summed E-state index contributed by atoms with van der Waals surface area (Å²) in [5.74, 6) is 1.55. The number of halogens is 1. The maximum absolute atomic E-state index is 12.5. The Kier molecular flexibility index (Phi) is 6.33. The molecule has 0 aliphatic carbocycles. The molecule has 4 nitrogen and oxygen atoms in total. The predicted octanol–water partition coefficient (Wildman–Crippen LogP) is 2.47. The van der Waals surface area contributed by atoms with Crippen LogP contribution in [0.1, 0.15) is 23.7 Å². The minimum Gasteiger partial charge on any atom is -0.494 e. The van der Waals surface area contributed by atoms with Crippen molar-refractivity contribution in [3.8, 4) is 5.75 Å². The van der Waals surface area contributed by atoms with E-state index in [1.165, 1.54) is 0 Å². The van der Waals surface area contributed by atoms with E-state index < -0.39 is 0 Å². The molecule has 0 bridgehead atoms. The minimum absolute atomic E-state index is 0.103. The predicted molar refractivity (Wildman–Crippen MR) is 85.3 cm³/mol. The van der Waals surface area contributed by atoms with Crippen LogP contribution in [0, 0.1) is 0 Å². The van der Waals surface area contributed by atoms with Crippen LogP contribution in [0.2, 0.25) is 0 Å². The van der Waals surface area contributed by atoms with Crippen LogP contribution in [-0.4, -0.2) is 60.9 Å². The Morgan fingerprint density at radius 3 is 2.62 bits per heavy atom. The van der Waals surface area contributed by atoms with E-state index in [-0.39, 0.29) is 5.91 Å². The molecule has 1 heterocycles. The topological polar surface area (TPSA) is 32.8 Å². The number of carbonyl (C=O) groups is 1. The van der Waals surface area contributed by atoms with E-state index in [1.54, 1.807) is 0 Å². The van der Waals surface area contributed by atoms with Gasteiger partial charge in [-0.15, -0.1) is 11.6 Å². The highest BCUT2D eigenvalue weighted by molar-refractivity contribution is 6.18. The summed E-state index contributed by atoms with van der Waals surface area (Å²) >= 11 is 5.79. The monoisotopic (exact) mass is 310 g/mol.